The predicted molar refractivity (Wildman–Crippen MR) is 66.6 cm³/mol. The Morgan fingerprint density at radius 1 is 1.28 bits per heavy atom. The van der Waals surface area contributed by atoms with Crippen LogP contribution in [0.4, 0.5) is 0 Å². The standard InChI is InChI=1S/C12H9BrN2O3/c13-9-4-14-6-15-12(9)16-5-8-1-2-10-11(3-8)18-7-17-10/h1-4,6H,5,7H2. The minimum absolute atomic E-state index is 0.275. The zero-order chi connectivity index (χ0) is 12.4. The highest BCUT2D eigenvalue weighted by molar-refractivity contribution is 9.10. The molecular formula is C12H9BrN2O3. The highest BCUT2D eigenvalue weighted by Crippen LogP contribution is 2.32. The summed E-state index contributed by atoms with van der Waals surface area (Å²) >= 11 is 3.32. The summed E-state index contributed by atoms with van der Waals surface area (Å²) in [7, 11) is 0. The number of ether oxygens (including phenoxy) is 3. The second kappa shape index (κ2) is 4.81. The largest absolute Gasteiger partial charge is 0.472 e. The molecule has 18 heavy (non-hydrogen) atoms. The van der Waals surface area contributed by atoms with E-state index in [1.54, 1.807) is 6.20 Å². The Hall–Kier alpha value is -1.82. The van der Waals surface area contributed by atoms with Gasteiger partial charge >= 0.3 is 0 Å². The highest BCUT2D eigenvalue weighted by Gasteiger charge is 2.13. The molecule has 2 heterocycles. The fraction of sp³-hybridized carbons (Fsp3) is 0.167. The maximum Gasteiger partial charge on any atom is 0.231 e. The van der Waals surface area contributed by atoms with Gasteiger partial charge < -0.3 is 14.2 Å². The molecule has 0 radical (unpaired) electrons. The molecule has 1 aromatic carbocycles. The lowest BCUT2D eigenvalue weighted by molar-refractivity contribution is 0.174. The predicted octanol–water partition coefficient (Wildman–Crippen LogP) is 2.55. The molecule has 0 saturated heterocycles. The van der Waals surface area contributed by atoms with Gasteiger partial charge in [0, 0.05) is 6.20 Å². The molecule has 0 N–H and O–H groups in total. The van der Waals surface area contributed by atoms with Crippen LogP contribution in [0.5, 0.6) is 17.4 Å². The molecule has 1 aliphatic rings. The van der Waals surface area contributed by atoms with Crippen molar-refractivity contribution in [2.75, 3.05) is 6.79 Å². The summed E-state index contributed by atoms with van der Waals surface area (Å²) in [5.41, 5.74) is 0.991. The summed E-state index contributed by atoms with van der Waals surface area (Å²) in [6.07, 6.45) is 3.09. The van der Waals surface area contributed by atoms with Crippen LogP contribution >= 0.6 is 15.9 Å². The summed E-state index contributed by atoms with van der Waals surface area (Å²) in [4.78, 5) is 7.90. The SMILES string of the molecule is Brc1cncnc1OCc1ccc2c(c1)OCO2. The first-order valence-corrected chi connectivity index (χ1v) is 6.09. The Bertz CT molecular complexity index is 577. The summed E-state index contributed by atoms with van der Waals surface area (Å²) in [5.74, 6) is 2.03. The summed E-state index contributed by atoms with van der Waals surface area (Å²) in [5, 5.41) is 0. The molecular weight excluding hydrogens is 300 g/mol. The van der Waals surface area contributed by atoms with E-state index in [1.165, 1.54) is 6.33 Å². The van der Waals surface area contributed by atoms with Crippen molar-refractivity contribution in [2.45, 2.75) is 6.61 Å². The molecule has 0 unspecified atom stereocenters. The van der Waals surface area contributed by atoms with Crippen LogP contribution in [0.3, 0.4) is 0 Å². The number of hydrogen-bond acceptors (Lipinski definition) is 5. The normalized spacial score (nSPS) is 12.5. The number of aromatic nitrogens is 2. The Kier molecular flexibility index (Phi) is 3.02. The maximum absolute atomic E-state index is 5.59. The maximum atomic E-state index is 5.59. The van der Waals surface area contributed by atoms with E-state index in [1.807, 2.05) is 18.2 Å². The van der Waals surface area contributed by atoms with Gasteiger partial charge in [-0.25, -0.2) is 9.97 Å². The van der Waals surface area contributed by atoms with E-state index >= 15 is 0 Å². The van der Waals surface area contributed by atoms with Crippen molar-refractivity contribution in [3.8, 4) is 17.4 Å². The van der Waals surface area contributed by atoms with Gasteiger partial charge in [0.1, 0.15) is 12.9 Å². The first kappa shape index (κ1) is 11.3. The minimum atomic E-state index is 0.275. The molecule has 0 amide bonds. The number of benzene rings is 1. The summed E-state index contributed by atoms with van der Waals surface area (Å²) < 4.78 is 16.9. The van der Waals surface area contributed by atoms with Gasteiger partial charge in [0.2, 0.25) is 12.7 Å². The fourth-order valence-corrected chi connectivity index (χ4v) is 1.93. The summed E-state index contributed by atoms with van der Waals surface area (Å²) in [6, 6.07) is 5.70. The quantitative estimate of drug-likeness (QED) is 0.872. The van der Waals surface area contributed by atoms with E-state index in [-0.39, 0.29) is 6.79 Å². The summed E-state index contributed by atoms with van der Waals surface area (Å²) in [6.45, 7) is 0.684. The van der Waals surface area contributed by atoms with Crippen molar-refractivity contribution < 1.29 is 14.2 Å². The third kappa shape index (κ3) is 2.24. The van der Waals surface area contributed by atoms with Crippen LogP contribution in [0.15, 0.2) is 35.2 Å². The molecule has 1 aromatic heterocycles. The average molecular weight is 309 g/mol. The third-order valence-corrected chi connectivity index (χ3v) is 2.99. The van der Waals surface area contributed by atoms with Crippen molar-refractivity contribution in [3.05, 3.63) is 40.8 Å². The molecule has 0 bridgehead atoms. The van der Waals surface area contributed by atoms with Gasteiger partial charge in [-0.05, 0) is 33.6 Å². The van der Waals surface area contributed by atoms with E-state index < -0.39 is 0 Å². The van der Waals surface area contributed by atoms with Gasteiger partial charge in [0.25, 0.3) is 0 Å². The van der Waals surface area contributed by atoms with Crippen LogP contribution in [-0.2, 0) is 6.61 Å². The van der Waals surface area contributed by atoms with Crippen molar-refractivity contribution in [3.63, 3.8) is 0 Å². The monoisotopic (exact) mass is 308 g/mol. The molecule has 0 spiro atoms. The van der Waals surface area contributed by atoms with Gasteiger partial charge in [-0.2, -0.15) is 0 Å². The molecule has 92 valence electrons. The Balaban J connectivity index is 1.72. The molecule has 0 aliphatic carbocycles. The smallest absolute Gasteiger partial charge is 0.231 e. The van der Waals surface area contributed by atoms with Gasteiger partial charge in [-0.15, -0.1) is 0 Å². The zero-order valence-electron chi connectivity index (χ0n) is 9.30. The first-order valence-electron chi connectivity index (χ1n) is 5.30. The van der Waals surface area contributed by atoms with E-state index in [9.17, 15) is 0 Å². The topological polar surface area (TPSA) is 53.5 Å². The van der Waals surface area contributed by atoms with Gasteiger partial charge in [0.15, 0.2) is 11.5 Å². The van der Waals surface area contributed by atoms with Crippen molar-refractivity contribution >= 4 is 15.9 Å². The number of rotatable bonds is 3. The second-order valence-corrected chi connectivity index (χ2v) is 4.51. The molecule has 0 saturated carbocycles. The van der Waals surface area contributed by atoms with E-state index in [0.717, 1.165) is 21.5 Å². The fourth-order valence-electron chi connectivity index (χ4n) is 1.59. The number of hydrogen-bond donors (Lipinski definition) is 0. The van der Waals surface area contributed by atoms with Crippen molar-refractivity contribution in [1.29, 1.82) is 0 Å². The van der Waals surface area contributed by atoms with Crippen LogP contribution in [0.25, 0.3) is 0 Å². The average Bonchev–Trinajstić information content (AvgIpc) is 2.85. The number of nitrogens with zero attached hydrogens (tertiary/aromatic N) is 2. The van der Waals surface area contributed by atoms with Crippen molar-refractivity contribution in [2.24, 2.45) is 0 Å². The van der Waals surface area contributed by atoms with E-state index in [0.29, 0.717) is 12.5 Å². The molecule has 1 aliphatic heterocycles. The molecule has 5 nitrogen and oxygen atoms in total. The van der Waals surface area contributed by atoms with Crippen LogP contribution in [0, 0.1) is 0 Å². The van der Waals surface area contributed by atoms with Gasteiger partial charge in [-0.3, -0.25) is 0 Å². The molecule has 0 fully saturated rings. The number of halogens is 1. The highest BCUT2D eigenvalue weighted by atomic mass is 79.9. The first-order chi connectivity index (χ1) is 8.83. The van der Waals surface area contributed by atoms with Crippen LogP contribution in [-0.4, -0.2) is 16.8 Å². The second-order valence-electron chi connectivity index (χ2n) is 3.65. The lowest BCUT2D eigenvalue weighted by atomic mass is 10.2. The van der Waals surface area contributed by atoms with Crippen molar-refractivity contribution in [1.82, 2.24) is 9.97 Å². The van der Waals surface area contributed by atoms with E-state index in [4.69, 9.17) is 14.2 Å². The molecule has 3 rings (SSSR count). The van der Waals surface area contributed by atoms with E-state index in [2.05, 4.69) is 25.9 Å². The molecule has 6 heteroatoms. The minimum Gasteiger partial charge on any atom is -0.472 e. The van der Waals surface area contributed by atoms with Crippen LogP contribution in [0.2, 0.25) is 0 Å². The number of fused-ring (bicyclic) bond motifs is 1. The Morgan fingerprint density at radius 2 is 2.17 bits per heavy atom. The Labute approximate surface area is 112 Å². The lowest BCUT2D eigenvalue weighted by Crippen LogP contribution is -1.98. The lowest BCUT2D eigenvalue weighted by Gasteiger charge is -2.06. The van der Waals surface area contributed by atoms with Crippen LogP contribution in [0.1, 0.15) is 5.56 Å². The van der Waals surface area contributed by atoms with Gasteiger partial charge in [0.05, 0.1) is 4.47 Å². The zero-order valence-corrected chi connectivity index (χ0v) is 10.9. The van der Waals surface area contributed by atoms with Crippen LogP contribution < -0.4 is 14.2 Å². The molecule has 0 atom stereocenters. The molecule has 2 aromatic rings. The third-order valence-electron chi connectivity index (χ3n) is 2.45. The van der Waals surface area contributed by atoms with Gasteiger partial charge in [-0.1, -0.05) is 6.07 Å². The Morgan fingerprint density at radius 3 is 3.06 bits per heavy atom.